The third-order valence-electron chi connectivity index (χ3n) is 4.48. The quantitative estimate of drug-likeness (QED) is 0.708. The predicted octanol–water partition coefficient (Wildman–Crippen LogP) is 2.27. The van der Waals surface area contributed by atoms with Crippen molar-refractivity contribution in [1.82, 2.24) is 4.90 Å². The maximum atomic E-state index is 12.7. The van der Waals surface area contributed by atoms with Gasteiger partial charge in [-0.1, -0.05) is 30.3 Å². The number of nitrogens with zero attached hydrogens (tertiary/aromatic N) is 2. The molecule has 8 heteroatoms. The van der Waals surface area contributed by atoms with Crippen LogP contribution in [-0.4, -0.2) is 51.8 Å². The zero-order chi connectivity index (χ0) is 20.1. The summed E-state index contributed by atoms with van der Waals surface area (Å²) in [5.41, 5.74) is 1.36. The molecule has 28 heavy (non-hydrogen) atoms. The molecular weight excluding hydrogens is 380 g/mol. The highest BCUT2D eigenvalue weighted by Gasteiger charge is 2.26. The molecule has 1 amide bonds. The van der Waals surface area contributed by atoms with Gasteiger partial charge in [-0.05, 0) is 24.6 Å². The molecule has 0 spiro atoms. The Kier molecular flexibility index (Phi) is 6.08. The summed E-state index contributed by atoms with van der Waals surface area (Å²) < 4.78 is 37.5. The van der Waals surface area contributed by atoms with Crippen LogP contribution in [0.15, 0.2) is 48.5 Å². The van der Waals surface area contributed by atoms with Gasteiger partial charge in [0.15, 0.2) is 11.5 Å². The molecule has 0 unspecified atom stereocenters. The summed E-state index contributed by atoms with van der Waals surface area (Å²) in [5, 5.41) is 0. The second-order valence-corrected chi connectivity index (χ2v) is 8.65. The van der Waals surface area contributed by atoms with Crippen molar-refractivity contribution in [2.24, 2.45) is 0 Å². The molecule has 0 radical (unpaired) electrons. The van der Waals surface area contributed by atoms with Crippen LogP contribution in [0.4, 0.5) is 5.69 Å². The van der Waals surface area contributed by atoms with E-state index in [4.69, 9.17) is 9.47 Å². The first kappa shape index (κ1) is 20.0. The van der Waals surface area contributed by atoms with Crippen molar-refractivity contribution in [2.45, 2.75) is 13.5 Å². The highest BCUT2D eigenvalue weighted by atomic mass is 32.2. The third kappa shape index (κ3) is 4.56. The van der Waals surface area contributed by atoms with Crippen LogP contribution in [0.5, 0.6) is 11.5 Å². The van der Waals surface area contributed by atoms with E-state index in [1.807, 2.05) is 30.3 Å². The molecule has 150 valence electrons. The van der Waals surface area contributed by atoms with Crippen LogP contribution >= 0.6 is 0 Å². The molecule has 0 bridgehead atoms. The fraction of sp³-hybridized carbons (Fsp3) is 0.350. The van der Waals surface area contributed by atoms with Gasteiger partial charge in [0.25, 0.3) is 0 Å². The lowest BCUT2D eigenvalue weighted by Crippen LogP contribution is -2.42. The smallest absolute Gasteiger partial charge is 0.243 e. The first-order valence-corrected chi connectivity index (χ1v) is 10.7. The van der Waals surface area contributed by atoms with Crippen LogP contribution in [-0.2, 0) is 21.4 Å². The Hall–Kier alpha value is -2.74. The van der Waals surface area contributed by atoms with E-state index in [2.05, 4.69) is 0 Å². The summed E-state index contributed by atoms with van der Waals surface area (Å²) in [6.45, 7) is 2.53. The molecule has 0 aromatic heterocycles. The number of carbonyl (C=O) groups excluding carboxylic acids is 1. The molecule has 0 aliphatic carbocycles. The molecule has 0 saturated heterocycles. The zero-order valence-corrected chi connectivity index (χ0v) is 16.8. The van der Waals surface area contributed by atoms with Crippen molar-refractivity contribution < 1.29 is 22.7 Å². The van der Waals surface area contributed by atoms with Crippen LogP contribution < -0.4 is 13.8 Å². The van der Waals surface area contributed by atoms with Gasteiger partial charge in [0.2, 0.25) is 15.9 Å². The molecule has 1 aliphatic heterocycles. The van der Waals surface area contributed by atoms with Crippen molar-refractivity contribution in [3.8, 4) is 11.5 Å². The Bertz CT molecular complexity index is 931. The van der Waals surface area contributed by atoms with E-state index in [9.17, 15) is 13.2 Å². The highest BCUT2D eigenvalue weighted by molar-refractivity contribution is 7.92. The fourth-order valence-corrected chi connectivity index (χ4v) is 3.94. The lowest BCUT2D eigenvalue weighted by Gasteiger charge is -2.27. The number of fused-ring (bicyclic) bond motifs is 1. The highest BCUT2D eigenvalue weighted by Crippen LogP contribution is 2.34. The number of benzene rings is 2. The van der Waals surface area contributed by atoms with Gasteiger partial charge in [-0.2, -0.15) is 0 Å². The van der Waals surface area contributed by atoms with Crippen molar-refractivity contribution >= 4 is 21.6 Å². The number of carbonyl (C=O) groups is 1. The summed E-state index contributed by atoms with van der Waals surface area (Å²) in [4.78, 5) is 14.3. The topological polar surface area (TPSA) is 76.2 Å². The van der Waals surface area contributed by atoms with E-state index >= 15 is 0 Å². The Balaban J connectivity index is 1.82. The van der Waals surface area contributed by atoms with Gasteiger partial charge < -0.3 is 14.4 Å². The van der Waals surface area contributed by atoms with Crippen LogP contribution in [0, 0.1) is 0 Å². The summed E-state index contributed by atoms with van der Waals surface area (Å²) in [5.74, 6) is 0.634. The minimum Gasteiger partial charge on any atom is -0.486 e. The SMILES string of the molecule is CCS(=O)(=O)N(CC(=O)N(C)Cc1ccccc1)c1ccc2c(c1)OCCO2. The Labute approximate surface area is 165 Å². The van der Waals surface area contributed by atoms with Crippen LogP contribution in [0.2, 0.25) is 0 Å². The van der Waals surface area contributed by atoms with Gasteiger partial charge in [-0.3, -0.25) is 9.10 Å². The zero-order valence-electron chi connectivity index (χ0n) is 16.0. The number of hydrogen-bond donors (Lipinski definition) is 0. The van der Waals surface area contributed by atoms with Crippen molar-refractivity contribution in [3.05, 3.63) is 54.1 Å². The van der Waals surface area contributed by atoms with Gasteiger partial charge in [-0.25, -0.2) is 8.42 Å². The molecule has 2 aromatic rings. The average Bonchev–Trinajstić information content (AvgIpc) is 2.72. The molecular formula is C20H24N2O5S. The second-order valence-electron chi connectivity index (χ2n) is 6.47. The lowest BCUT2D eigenvalue weighted by molar-refractivity contribution is -0.128. The molecule has 0 fully saturated rings. The summed E-state index contributed by atoms with van der Waals surface area (Å²) in [6.07, 6.45) is 0. The third-order valence-corrected chi connectivity index (χ3v) is 6.22. The minimum atomic E-state index is -3.65. The maximum absolute atomic E-state index is 12.7. The molecule has 1 heterocycles. The molecule has 0 saturated carbocycles. The number of ether oxygens (including phenoxy) is 2. The van der Waals surface area contributed by atoms with E-state index in [1.54, 1.807) is 32.2 Å². The van der Waals surface area contributed by atoms with E-state index < -0.39 is 10.0 Å². The number of rotatable bonds is 7. The molecule has 7 nitrogen and oxygen atoms in total. The van der Waals surface area contributed by atoms with Gasteiger partial charge in [0.05, 0.1) is 11.4 Å². The Morgan fingerprint density at radius 3 is 2.39 bits per heavy atom. The van der Waals surface area contributed by atoms with Gasteiger partial charge >= 0.3 is 0 Å². The van der Waals surface area contributed by atoms with Crippen LogP contribution in [0.1, 0.15) is 12.5 Å². The number of hydrogen-bond acceptors (Lipinski definition) is 5. The first-order valence-electron chi connectivity index (χ1n) is 9.08. The van der Waals surface area contributed by atoms with Gasteiger partial charge in [0, 0.05) is 19.7 Å². The fourth-order valence-electron chi connectivity index (χ4n) is 2.88. The summed E-state index contributed by atoms with van der Waals surface area (Å²) in [7, 11) is -1.99. The van der Waals surface area contributed by atoms with Crippen molar-refractivity contribution in [3.63, 3.8) is 0 Å². The van der Waals surface area contributed by atoms with Crippen LogP contribution in [0.25, 0.3) is 0 Å². The predicted molar refractivity (Wildman–Crippen MR) is 107 cm³/mol. The number of likely N-dealkylation sites (N-methyl/N-ethyl adjacent to an activating group) is 1. The minimum absolute atomic E-state index is 0.114. The Morgan fingerprint density at radius 2 is 1.71 bits per heavy atom. The summed E-state index contributed by atoms with van der Waals surface area (Å²) >= 11 is 0. The second kappa shape index (κ2) is 8.52. The molecule has 0 atom stereocenters. The Morgan fingerprint density at radius 1 is 1.04 bits per heavy atom. The van der Waals surface area contributed by atoms with E-state index in [0.29, 0.717) is 36.9 Å². The maximum Gasteiger partial charge on any atom is 0.243 e. The average molecular weight is 404 g/mol. The number of sulfonamides is 1. The van der Waals surface area contributed by atoms with Crippen LogP contribution in [0.3, 0.4) is 0 Å². The van der Waals surface area contributed by atoms with E-state index in [-0.39, 0.29) is 18.2 Å². The molecule has 1 aliphatic rings. The summed E-state index contributed by atoms with van der Waals surface area (Å²) in [6, 6.07) is 14.4. The molecule has 0 N–H and O–H groups in total. The van der Waals surface area contributed by atoms with E-state index in [1.165, 1.54) is 4.90 Å². The lowest BCUT2D eigenvalue weighted by atomic mass is 10.2. The molecule has 2 aromatic carbocycles. The number of amides is 1. The largest absolute Gasteiger partial charge is 0.486 e. The standard InChI is InChI=1S/C20H24N2O5S/c1-3-28(24,25)22(17-9-10-18-19(13-17)27-12-11-26-18)15-20(23)21(2)14-16-7-5-4-6-8-16/h4-10,13H,3,11-12,14-15H2,1-2H3. The first-order chi connectivity index (χ1) is 13.4. The molecule has 3 rings (SSSR count). The van der Waals surface area contributed by atoms with E-state index in [0.717, 1.165) is 9.87 Å². The normalized spacial score (nSPS) is 13.1. The van der Waals surface area contributed by atoms with Gasteiger partial charge in [-0.15, -0.1) is 0 Å². The van der Waals surface area contributed by atoms with Crippen molar-refractivity contribution in [1.29, 1.82) is 0 Å². The number of anilines is 1. The monoisotopic (exact) mass is 404 g/mol. The van der Waals surface area contributed by atoms with Gasteiger partial charge in [0.1, 0.15) is 19.8 Å². The van der Waals surface area contributed by atoms with Crippen molar-refractivity contribution in [2.75, 3.05) is 36.9 Å².